The molecule has 1 saturated carbocycles. The van der Waals surface area contributed by atoms with Crippen LogP contribution >= 0.6 is 0 Å². The summed E-state index contributed by atoms with van der Waals surface area (Å²) in [6, 6.07) is 6.22. The number of hydrogen-bond acceptors (Lipinski definition) is 7. The summed E-state index contributed by atoms with van der Waals surface area (Å²) in [5, 5.41) is 9.45. The Kier molecular flexibility index (Phi) is 8.77. The van der Waals surface area contributed by atoms with Crippen LogP contribution in [-0.4, -0.2) is 48.0 Å². The molecule has 0 radical (unpaired) electrons. The smallest absolute Gasteiger partial charge is 0.346 e. The number of aromatic amines is 1. The van der Waals surface area contributed by atoms with Crippen molar-refractivity contribution in [2.75, 3.05) is 31.5 Å². The van der Waals surface area contributed by atoms with Gasteiger partial charge in [0, 0.05) is 12.5 Å². The second-order valence-corrected chi connectivity index (χ2v) is 9.37. The van der Waals surface area contributed by atoms with Gasteiger partial charge in [-0.2, -0.15) is 4.98 Å². The third-order valence-corrected chi connectivity index (χ3v) is 6.75. The average Bonchev–Trinajstić information content (AvgIpc) is 2.91. The molecular weight excluding hydrogens is 460 g/mol. The monoisotopic (exact) mass is 496 g/mol. The van der Waals surface area contributed by atoms with Gasteiger partial charge in [0.2, 0.25) is 5.91 Å². The lowest BCUT2D eigenvalue weighted by atomic mass is 9.89. The highest BCUT2D eigenvalue weighted by molar-refractivity contribution is 5.79. The number of piperidine rings is 1. The molecular formula is C25H36N8O3. The molecule has 0 bridgehead atoms. The van der Waals surface area contributed by atoms with E-state index in [4.69, 9.17) is 16.2 Å². The van der Waals surface area contributed by atoms with Gasteiger partial charge in [-0.15, -0.1) is 0 Å². The molecule has 11 nitrogen and oxygen atoms in total. The second-order valence-electron chi connectivity index (χ2n) is 9.37. The predicted molar refractivity (Wildman–Crippen MR) is 140 cm³/mol. The van der Waals surface area contributed by atoms with Crippen LogP contribution in [0.2, 0.25) is 0 Å². The summed E-state index contributed by atoms with van der Waals surface area (Å²) in [5.74, 6) is 2.87. The Bertz CT molecular complexity index is 1120. The Morgan fingerprint density at radius 2 is 1.89 bits per heavy atom. The molecule has 2 aromatic rings. The van der Waals surface area contributed by atoms with Crippen LogP contribution in [0.1, 0.15) is 56.4 Å². The van der Waals surface area contributed by atoms with Gasteiger partial charge >= 0.3 is 5.69 Å². The third-order valence-electron chi connectivity index (χ3n) is 6.75. The van der Waals surface area contributed by atoms with Crippen LogP contribution in [0, 0.1) is 5.92 Å². The first-order chi connectivity index (χ1) is 17.5. The first-order valence-electron chi connectivity index (χ1n) is 12.7. The molecule has 0 unspecified atom stereocenters. The van der Waals surface area contributed by atoms with E-state index in [0.717, 1.165) is 50.2 Å². The molecule has 2 fully saturated rings. The molecule has 8 N–H and O–H groups in total. The van der Waals surface area contributed by atoms with Gasteiger partial charge in [0.15, 0.2) is 23.3 Å². The third kappa shape index (κ3) is 6.97. The number of carbonyl (C=O) groups excluding carboxylic acids is 1. The molecule has 1 aliphatic carbocycles. The predicted octanol–water partition coefficient (Wildman–Crippen LogP) is 2.04. The molecule has 1 aromatic heterocycles. The van der Waals surface area contributed by atoms with Crippen molar-refractivity contribution in [3.8, 4) is 11.5 Å². The maximum absolute atomic E-state index is 11.6. The lowest BCUT2D eigenvalue weighted by Gasteiger charge is -2.26. The zero-order chi connectivity index (χ0) is 25.3. The molecule has 0 atom stereocenters. The van der Waals surface area contributed by atoms with Gasteiger partial charge in [-0.3, -0.25) is 14.8 Å². The quantitative estimate of drug-likeness (QED) is 0.177. The normalized spacial score (nSPS) is 17.2. The Labute approximate surface area is 210 Å². The summed E-state index contributed by atoms with van der Waals surface area (Å²) in [4.78, 5) is 33.0. The number of H-pyrrole nitrogens is 1. The van der Waals surface area contributed by atoms with Crippen LogP contribution in [0.25, 0.3) is 0 Å². The number of rotatable bonds is 5. The van der Waals surface area contributed by atoms with Crippen LogP contribution in [0.15, 0.2) is 34.2 Å². The Morgan fingerprint density at radius 3 is 2.64 bits per heavy atom. The minimum Gasteiger partial charge on any atom is -0.450 e. The van der Waals surface area contributed by atoms with E-state index in [1.165, 1.54) is 31.0 Å². The number of nitrogens with zero attached hydrogens (tertiary/aromatic N) is 2. The lowest BCUT2D eigenvalue weighted by molar-refractivity contribution is -0.125. The van der Waals surface area contributed by atoms with E-state index in [1.807, 2.05) is 6.07 Å². The number of benzene rings is 1. The fourth-order valence-electron chi connectivity index (χ4n) is 4.82. The van der Waals surface area contributed by atoms with E-state index in [2.05, 4.69) is 43.0 Å². The Balaban J connectivity index is 0.000000181. The number of carbonyl (C=O) groups is 1. The number of guanidine groups is 1. The number of ether oxygens (including phenoxy) is 1. The highest BCUT2D eigenvalue weighted by Gasteiger charge is 2.22. The van der Waals surface area contributed by atoms with Crippen LogP contribution in [-0.2, 0) is 4.79 Å². The maximum atomic E-state index is 11.6. The van der Waals surface area contributed by atoms with Crippen LogP contribution < -0.4 is 37.8 Å². The van der Waals surface area contributed by atoms with E-state index < -0.39 is 0 Å². The van der Waals surface area contributed by atoms with Crippen molar-refractivity contribution in [2.24, 2.45) is 22.4 Å². The minimum absolute atomic E-state index is 0.0712. The van der Waals surface area contributed by atoms with E-state index in [-0.39, 0.29) is 23.5 Å². The topological polar surface area (TPSA) is 173 Å². The Hall–Kier alpha value is -3.60. The van der Waals surface area contributed by atoms with Gasteiger partial charge in [-0.25, -0.2) is 4.79 Å². The van der Waals surface area contributed by atoms with Crippen molar-refractivity contribution in [2.45, 2.75) is 50.9 Å². The highest BCUT2D eigenvalue weighted by atomic mass is 16.5. The lowest BCUT2D eigenvalue weighted by Crippen LogP contribution is -2.34. The summed E-state index contributed by atoms with van der Waals surface area (Å²) in [6.45, 7) is 3.11. The number of aromatic nitrogens is 2. The molecule has 1 aromatic carbocycles. The summed E-state index contributed by atoms with van der Waals surface area (Å²) < 4.78 is 5.77. The molecule has 194 valence electrons. The summed E-state index contributed by atoms with van der Waals surface area (Å²) >= 11 is 0. The number of aliphatic imine (C=N–C) groups is 1. The molecule has 36 heavy (non-hydrogen) atoms. The molecule has 2 aliphatic heterocycles. The van der Waals surface area contributed by atoms with Crippen LogP contribution in [0.4, 0.5) is 11.5 Å². The molecule has 1 saturated heterocycles. The molecule has 3 heterocycles. The first kappa shape index (κ1) is 25.5. The van der Waals surface area contributed by atoms with Gasteiger partial charge in [0.25, 0.3) is 0 Å². The van der Waals surface area contributed by atoms with Crippen LogP contribution in [0.3, 0.4) is 0 Å². The molecule has 5 rings (SSSR count). The number of amides is 1. The van der Waals surface area contributed by atoms with E-state index in [1.54, 1.807) is 0 Å². The number of fused-ring (bicyclic) bond motifs is 2. The summed E-state index contributed by atoms with van der Waals surface area (Å²) in [7, 11) is 0. The maximum Gasteiger partial charge on any atom is 0.346 e. The van der Waals surface area contributed by atoms with Crippen molar-refractivity contribution >= 4 is 23.4 Å². The zero-order valence-electron chi connectivity index (χ0n) is 20.5. The average molecular weight is 497 g/mol. The molecule has 11 heteroatoms. The number of nitrogens with one attached hydrogen (secondary N) is 4. The minimum atomic E-state index is -0.386. The van der Waals surface area contributed by atoms with Gasteiger partial charge in [-0.1, -0.05) is 25.3 Å². The summed E-state index contributed by atoms with van der Waals surface area (Å²) in [6.07, 6.45) is 9.39. The molecule has 1 amide bonds. The van der Waals surface area contributed by atoms with E-state index in [9.17, 15) is 9.59 Å². The zero-order valence-corrected chi connectivity index (χ0v) is 20.5. The van der Waals surface area contributed by atoms with E-state index >= 15 is 0 Å². The fourth-order valence-corrected chi connectivity index (χ4v) is 4.82. The van der Waals surface area contributed by atoms with Crippen molar-refractivity contribution in [1.82, 2.24) is 20.6 Å². The number of hydrogen-bond donors (Lipinski definition) is 6. The largest absolute Gasteiger partial charge is 0.450 e. The van der Waals surface area contributed by atoms with Gasteiger partial charge in [0.05, 0.1) is 18.4 Å². The number of anilines is 2. The standard InChI is InChI=1S/C15H16N4O2.C10H20N4O/c20-15-17-8-13-14(19-15)18-11-7-10(1-2-12(11)21-13)9-3-5-16-6-4-9;11-10(12)14-7-6-13-9(15)8-4-2-1-3-5-8/h1-2,7-9,16H,3-6H2,(H2,17,18,19,20);8H,1-7H2,(H,13,15)(H4,11,12,14). The Morgan fingerprint density at radius 1 is 1.11 bits per heavy atom. The summed E-state index contributed by atoms with van der Waals surface area (Å²) in [5.41, 5.74) is 12.1. The van der Waals surface area contributed by atoms with Crippen molar-refractivity contribution in [3.63, 3.8) is 0 Å². The van der Waals surface area contributed by atoms with E-state index in [0.29, 0.717) is 30.6 Å². The van der Waals surface area contributed by atoms with Crippen molar-refractivity contribution in [3.05, 3.63) is 40.4 Å². The van der Waals surface area contributed by atoms with Crippen LogP contribution in [0.5, 0.6) is 11.5 Å². The van der Waals surface area contributed by atoms with Crippen molar-refractivity contribution < 1.29 is 9.53 Å². The first-order valence-corrected chi connectivity index (χ1v) is 12.7. The fraction of sp³-hybridized carbons (Fsp3) is 0.520. The number of nitrogens with two attached hydrogens (primary N) is 2. The molecule has 0 spiro atoms. The highest BCUT2D eigenvalue weighted by Crippen LogP contribution is 2.41. The van der Waals surface area contributed by atoms with Gasteiger partial charge < -0.3 is 32.2 Å². The SMILES string of the molecule is NC(N)=NCCNC(=O)C1CCCCC1.O=c1ncc2c([nH]1)Nc1cc(C3CCNCC3)ccc1O2. The second kappa shape index (κ2) is 12.4. The molecule has 3 aliphatic rings. The van der Waals surface area contributed by atoms with Gasteiger partial charge in [0.1, 0.15) is 0 Å². The van der Waals surface area contributed by atoms with Gasteiger partial charge in [-0.05, 0) is 62.4 Å². The van der Waals surface area contributed by atoms with Crippen molar-refractivity contribution in [1.29, 1.82) is 0 Å².